The Hall–Kier alpha value is -3.18. The van der Waals surface area contributed by atoms with E-state index in [2.05, 4.69) is 37.4 Å². The third-order valence-electron chi connectivity index (χ3n) is 5.16. The molecule has 1 aromatic heterocycles. The van der Waals surface area contributed by atoms with Crippen LogP contribution >= 0.6 is 11.3 Å². The molecule has 0 aliphatic heterocycles. The van der Waals surface area contributed by atoms with E-state index >= 15 is 0 Å². The van der Waals surface area contributed by atoms with Crippen LogP contribution in [0.3, 0.4) is 0 Å². The van der Waals surface area contributed by atoms with E-state index in [1.54, 1.807) is 11.3 Å². The van der Waals surface area contributed by atoms with Crippen molar-refractivity contribution in [2.45, 2.75) is 26.2 Å². The monoisotopic (exact) mass is 416 g/mol. The number of fused-ring (bicyclic) bond motifs is 1. The van der Waals surface area contributed by atoms with Gasteiger partial charge >= 0.3 is 0 Å². The lowest BCUT2D eigenvalue weighted by Gasteiger charge is -2.12. The molecule has 4 nitrogen and oxygen atoms in total. The van der Waals surface area contributed by atoms with Crippen LogP contribution in [0, 0.1) is 0 Å². The van der Waals surface area contributed by atoms with Gasteiger partial charge in [0.1, 0.15) is 10.8 Å². The lowest BCUT2D eigenvalue weighted by Crippen LogP contribution is -2.20. The minimum Gasteiger partial charge on any atom is -0.484 e. The number of amides is 1. The highest BCUT2D eigenvalue weighted by atomic mass is 32.1. The van der Waals surface area contributed by atoms with Gasteiger partial charge in [0.05, 0.1) is 15.9 Å². The highest BCUT2D eigenvalue weighted by molar-refractivity contribution is 7.21. The topological polar surface area (TPSA) is 51.2 Å². The average molecular weight is 417 g/mol. The van der Waals surface area contributed by atoms with Crippen molar-refractivity contribution in [2.75, 3.05) is 11.9 Å². The molecule has 0 radical (unpaired) electrons. The first-order chi connectivity index (χ1) is 14.6. The van der Waals surface area contributed by atoms with Crippen LogP contribution in [0.5, 0.6) is 5.75 Å². The summed E-state index contributed by atoms with van der Waals surface area (Å²) in [5.74, 6) is 1.01. The standard InChI is InChI=1S/C25H24N2O2S/c1-3-17(2)18-12-14-19(15-13-18)29-16-24(28)26-21-9-5-4-8-20(21)25-27-22-10-6-7-11-23(22)30-25/h4-15,17H,3,16H2,1-2H3,(H,26,28)/t17-/m1/s1. The van der Waals surface area contributed by atoms with Crippen LogP contribution in [0.15, 0.2) is 72.8 Å². The minimum absolute atomic E-state index is 0.0448. The molecule has 1 amide bonds. The average Bonchev–Trinajstić information content (AvgIpc) is 3.22. The normalized spacial score (nSPS) is 11.9. The molecule has 0 saturated carbocycles. The summed E-state index contributed by atoms with van der Waals surface area (Å²) in [7, 11) is 0. The van der Waals surface area contributed by atoms with Crippen LogP contribution in [0.2, 0.25) is 0 Å². The van der Waals surface area contributed by atoms with Crippen LogP contribution in [0.1, 0.15) is 31.7 Å². The number of nitrogens with one attached hydrogen (secondary N) is 1. The molecular formula is C25H24N2O2S. The van der Waals surface area contributed by atoms with Gasteiger partial charge in [-0.1, -0.05) is 50.2 Å². The summed E-state index contributed by atoms with van der Waals surface area (Å²) in [5.41, 5.74) is 3.88. The Morgan fingerprint density at radius 2 is 1.77 bits per heavy atom. The van der Waals surface area contributed by atoms with E-state index in [9.17, 15) is 4.79 Å². The number of aromatic nitrogens is 1. The molecule has 1 atom stereocenters. The second-order valence-corrected chi connectivity index (χ2v) is 8.28. The number of carbonyl (C=O) groups excluding carboxylic acids is 1. The SMILES string of the molecule is CC[C@@H](C)c1ccc(OCC(=O)Nc2ccccc2-c2nc3ccccc3s2)cc1. The molecule has 0 aliphatic rings. The van der Waals surface area contributed by atoms with Crippen LogP contribution in [-0.2, 0) is 4.79 Å². The van der Waals surface area contributed by atoms with Gasteiger partial charge in [0.25, 0.3) is 5.91 Å². The molecule has 0 spiro atoms. The van der Waals surface area contributed by atoms with Crippen molar-refractivity contribution in [3.05, 3.63) is 78.4 Å². The van der Waals surface area contributed by atoms with E-state index in [0.717, 1.165) is 32.9 Å². The Morgan fingerprint density at radius 1 is 1.03 bits per heavy atom. The molecule has 0 unspecified atom stereocenters. The van der Waals surface area contributed by atoms with E-state index in [1.807, 2.05) is 54.6 Å². The number of hydrogen-bond acceptors (Lipinski definition) is 4. The Labute approximate surface area is 180 Å². The zero-order valence-electron chi connectivity index (χ0n) is 17.1. The van der Waals surface area contributed by atoms with Crippen molar-refractivity contribution in [2.24, 2.45) is 0 Å². The molecule has 152 valence electrons. The fourth-order valence-corrected chi connectivity index (χ4v) is 4.23. The Bertz CT molecular complexity index is 1120. The molecule has 0 bridgehead atoms. The van der Waals surface area contributed by atoms with Crippen molar-refractivity contribution >= 4 is 33.1 Å². The van der Waals surface area contributed by atoms with E-state index in [0.29, 0.717) is 11.7 Å². The fraction of sp³-hybridized carbons (Fsp3) is 0.200. The van der Waals surface area contributed by atoms with Gasteiger partial charge < -0.3 is 10.1 Å². The van der Waals surface area contributed by atoms with Gasteiger partial charge in [0.2, 0.25) is 0 Å². The number of thiazole rings is 1. The van der Waals surface area contributed by atoms with Crippen molar-refractivity contribution in [3.63, 3.8) is 0 Å². The second kappa shape index (κ2) is 9.09. The van der Waals surface area contributed by atoms with Crippen LogP contribution in [-0.4, -0.2) is 17.5 Å². The molecule has 0 aliphatic carbocycles. The summed E-state index contributed by atoms with van der Waals surface area (Å²) in [6.45, 7) is 4.33. The van der Waals surface area contributed by atoms with Crippen molar-refractivity contribution < 1.29 is 9.53 Å². The Morgan fingerprint density at radius 3 is 2.53 bits per heavy atom. The zero-order chi connectivity index (χ0) is 20.9. The van der Waals surface area contributed by atoms with Gasteiger partial charge in [-0.25, -0.2) is 4.98 Å². The van der Waals surface area contributed by atoms with Gasteiger partial charge in [-0.05, 0) is 54.3 Å². The van der Waals surface area contributed by atoms with Gasteiger partial charge in [0.15, 0.2) is 6.61 Å². The summed E-state index contributed by atoms with van der Waals surface area (Å²) in [4.78, 5) is 17.2. The number of ether oxygens (including phenoxy) is 1. The predicted octanol–water partition coefficient (Wildman–Crippen LogP) is 6.49. The molecule has 1 N–H and O–H groups in total. The third kappa shape index (κ3) is 4.52. The first kappa shape index (κ1) is 20.1. The first-order valence-corrected chi connectivity index (χ1v) is 10.9. The van der Waals surface area contributed by atoms with Crippen molar-refractivity contribution in [1.29, 1.82) is 0 Å². The van der Waals surface area contributed by atoms with Gasteiger partial charge in [-0.3, -0.25) is 4.79 Å². The van der Waals surface area contributed by atoms with Gasteiger partial charge in [-0.2, -0.15) is 0 Å². The number of para-hydroxylation sites is 2. The molecule has 4 rings (SSSR count). The van der Waals surface area contributed by atoms with E-state index < -0.39 is 0 Å². The number of carbonyl (C=O) groups is 1. The maximum absolute atomic E-state index is 12.5. The quantitative estimate of drug-likeness (QED) is 0.374. The Kier molecular flexibility index (Phi) is 6.10. The second-order valence-electron chi connectivity index (χ2n) is 7.25. The van der Waals surface area contributed by atoms with Crippen molar-refractivity contribution in [1.82, 2.24) is 4.98 Å². The summed E-state index contributed by atoms with van der Waals surface area (Å²) in [6, 6.07) is 23.7. The number of hydrogen-bond donors (Lipinski definition) is 1. The summed E-state index contributed by atoms with van der Waals surface area (Å²) in [5, 5.41) is 3.85. The molecule has 0 saturated heterocycles. The molecule has 1 heterocycles. The van der Waals surface area contributed by atoms with Gasteiger partial charge in [-0.15, -0.1) is 11.3 Å². The number of anilines is 1. The van der Waals surface area contributed by atoms with E-state index in [1.165, 1.54) is 5.56 Å². The maximum Gasteiger partial charge on any atom is 0.262 e. The van der Waals surface area contributed by atoms with Gasteiger partial charge in [0, 0.05) is 5.56 Å². The highest BCUT2D eigenvalue weighted by Crippen LogP contribution is 2.34. The summed E-state index contributed by atoms with van der Waals surface area (Å²) < 4.78 is 6.80. The smallest absolute Gasteiger partial charge is 0.262 e. The van der Waals surface area contributed by atoms with E-state index in [4.69, 9.17) is 9.72 Å². The van der Waals surface area contributed by atoms with Crippen molar-refractivity contribution in [3.8, 4) is 16.3 Å². The predicted molar refractivity (Wildman–Crippen MR) is 124 cm³/mol. The minimum atomic E-state index is -0.199. The van der Waals surface area contributed by atoms with Crippen LogP contribution in [0.25, 0.3) is 20.8 Å². The molecule has 4 aromatic rings. The Balaban J connectivity index is 1.44. The molecule has 30 heavy (non-hydrogen) atoms. The molecule has 5 heteroatoms. The number of nitrogens with zero attached hydrogens (tertiary/aromatic N) is 1. The molecule has 0 fully saturated rings. The fourth-order valence-electron chi connectivity index (χ4n) is 3.23. The lowest BCUT2D eigenvalue weighted by atomic mass is 9.99. The summed E-state index contributed by atoms with van der Waals surface area (Å²) in [6.07, 6.45) is 1.09. The van der Waals surface area contributed by atoms with E-state index in [-0.39, 0.29) is 12.5 Å². The lowest BCUT2D eigenvalue weighted by molar-refractivity contribution is -0.118. The highest BCUT2D eigenvalue weighted by Gasteiger charge is 2.13. The van der Waals surface area contributed by atoms with Crippen LogP contribution < -0.4 is 10.1 Å². The maximum atomic E-state index is 12.5. The number of benzene rings is 3. The zero-order valence-corrected chi connectivity index (χ0v) is 17.9. The molecular weight excluding hydrogens is 392 g/mol. The third-order valence-corrected chi connectivity index (χ3v) is 6.23. The summed E-state index contributed by atoms with van der Waals surface area (Å²) >= 11 is 1.61. The largest absolute Gasteiger partial charge is 0.484 e. The van der Waals surface area contributed by atoms with Crippen LogP contribution in [0.4, 0.5) is 5.69 Å². The first-order valence-electron chi connectivity index (χ1n) is 10.1. The number of rotatable bonds is 7. The molecule has 3 aromatic carbocycles.